The van der Waals surface area contributed by atoms with E-state index in [1.54, 1.807) is 37.3 Å². The maximum atomic E-state index is 12.4. The quantitative estimate of drug-likeness (QED) is 0.801. The lowest BCUT2D eigenvalue weighted by atomic mass is 10.1. The van der Waals surface area contributed by atoms with Crippen LogP contribution in [0.2, 0.25) is 0 Å². The summed E-state index contributed by atoms with van der Waals surface area (Å²) in [6, 6.07) is 11.2. The molecule has 2 aromatic carbocycles. The number of carbonyl (C=O) groups is 1. The predicted octanol–water partition coefficient (Wildman–Crippen LogP) is 2.57. The van der Waals surface area contributed by atoms with Gasteiger partial charge in [0.25, 0.3) is 0 Å². The van der Waals surface area contributed by atoms with Crippen LogP contribution in [0.3, 0.4) is 0 Å². The molecule has 0 radical (unpaired) electrons. The zero-order valence-corrected chi connectivity index (χ0v) is 14.3. The van der Waals surface area contributed by atoms with Crippen molar-refractivity contribution in [2.45, 2.75) is 25.3 Å². The summed E-state index contributed by atoms with van der Waals surface area (Å²) < 4.78 is 32.6. The first kappa shape index (κ1) is 18.0. The van der Waals surface area contributed by atoms with Crippen molar-refractivity contribution in [1.29, 1.82) is 0 Å². The Morgan fingerprint density at radius 1 is 1.17 bits per heavy atom. The molecule has 0 aliphatic rings. The first-order valence-electron chi connectivity index (χ1n) is 7.39. The van der Waals surface area contributed by atoms with Gasteiger partial charge in [0.15, 0.2) is 0 Å². The van der Waals surface area contributed by atoms with Crippen molar-refractivity contribution in [2.75, 3.05) is 6.61 Å². The molecule has 2 N–H and O–H groups in total. The number of aromatic carboxylic acids is 1. The number of hydrogen-bond acceptors (Lipinski definition) is 4. The van der Waals surface area contributed by atoms with Crippen LogP contribution in [0, 0.1) is 6.92 Å². The predicted molar refractivity (Wildman–Crippen MR) is 89.8 cm³/mol. The molecule has 6 nitrogen and oxygen atoms in total. The van der Waals surface area contributed by atoms with Crippen LogP contribution in [-0.2, 0) is 16.6 Å². The van der Waals surface area contributed by atoms with Crippen LogP contribution in [0.25, 0.3) is 0 Å². The van der Waals surface area contributed by atoms with E-state index in [1.807, 2.05) is 6.92 Å². The Morgan fingerprint density at radius 2 is 1.83 bits per heavy atom. The topological polar surface area (TPSA) is 92.7 Å². The fourth-order valence-electron chi connectivity index (χ4n) is 2.17. The van der Waals surface area contributed by atoms with Crippen LogP contribution in [0.5, 0.6) is 5.75 Å². The molecule has 0 saturated heterocycles. The van der Waals surface area contributed by atoms with Gasteiger partial charge < -0.3 is 9.84 Å². The van der Waals surface area contributed by atoms with Crippen molar-refractivity contribution < 1.29 is 23.1 Å². The molecular formula is C17H19NO5S. The molecule has 2 aromatic rings. The van der Waals surface area contributed by atoms with Crippen LogP contribution in [-0.4, -0.2) is 26.1 Å². The van der Waals surface area contributed by atoms with Crippen molar-refractivity contribution in [3.8, 4) is 5.75 Å². The van der Waals surface area contributed by atoms with E-state index < -0.39 is 16.0 Å². The van der Waals surface area contributed by atoms with E-state index in [9.17, 15) is 18.3 Å². The normalized spacial score (nSPS) is 11.2. The summed E-state index contributed by atoms with van der Waals surface area (Å²) in [4.78, 5) is 11.0. The lowest BCUT2D eigenvalue weighted by molar-refractivity contribution is 0.0692. The smallest absolute Gasteiger partial charge is 0.337 e. The minimum absolute atomic E-state index is 0.0572. The van der Waals surface area contributed by atoms with Crippen molar-refractivity contribution in [2.24, 2.45) is 0 Å². The number of carboxylic acid groups (broad SMARTS) is 1. The molecule has 7 heteroatoms. The SMILES string of the molecule is CCOc1ccc(CNS(=O)(=O)c2ccc(C)cc2C(=O)O)cc1. The van der Waals surface area contributed by atoms with Gasteiger partial charge in [-0.1, -0.05) is 23.8 Å². The summed E-state index contributed by atoms with van der Waals surface area (Å²) >= 11 is 0. The van der Waals surface area contributed by atoms with E-state index in [1.165, 1.54) is 12.1 Å². The van der Waals surface area contributed by atoms with Crippen LogP contribution < -0.4 is 9.46 Å². The molecule has 0 amide bonds. The summed E-state index contributed by atoms with van der Waals surface area (Å²) in [6.45, 7) is 4.19. The molecule has 2 rings (SSSR count). The van der Waals surface area contributed by atoms with Crippen LogP contribution in [0.1, 0.15) is 28.4 Å². The summed E-state index contributed by atoms with van der Waals surface area (Å²) in [5.41, 5.74) is 1.18. The number of carboxylic acids is 1. The molecule has 0 bridgehead atoms. The van der Waals surface area contributed by atoms with E-state index in [0.29, 0.717) is 17.9 Å². The van der Waals surface area contributed by atoms with Gasteiger partial charge in [0.2, 0.25) is 10.0 Å². The standard InChI is InChI=1S/C17H19NO5S/c1-3-23-14-7-5-13(6-8-14)11-18-24(21,22)16-9-4-12(2)10-15(16)17(19)20/h4-10,18H,3,11H2,1-2H3,(H,19,20). The number of ether oxygens (including phenoxy) is 1. The Hall–Kier alpha value is -2.38. The molecule has 128 valence electrons. The monoisotopic (exact) mass is 349 g/mol. The Bertz CT molecular complexity index is 829. The lowest BCUT2D eigenvalue weighted by Crippen LogP contribution is -2.25. The highest BCUT2D eigenvalue weighted by Gasteiger charge is 2.22. The zero-order valence-electron chi connectivity index (χ0n) is 13.4. The van der Waals surface area contributed by atoms with E-state index in [4.69, 9.17) is 4.74 Å². The highest BCUT2D eigenvalue weighted by molar-refractivity contribution is 7.89. The fraction of sp³-hybridized carbons (Fsp3) is 0.235. The van der Waals surface area contributed by atoms with Gasteiger partial charge in [0.05, 0.1) is 17.1 Å². The maximum absolute atomic E-state index is 12.4. The number of benzene rings is 2. The average molecular weight is 349 g/mol. The Kier molecular flexibility index (Phi) is 5.58. The van der Waals surface area contributed by atoms with E-state index >= 15 is 0 Å². The number of nitrogens with one attached hydrogen (secondary N) is 1. The van der Waals surface area contributed by atoms with Crippen molar-refractivity contribution >= 4 is 16.0 Å². The number of hydrogen-bond donors (Lipinski definition) is 2. The molecule has 0 spiro atoms. The first-order chi connectivity index (χ1) is 11.3. The van der Waals surface area contributed by atoms with Crippen LogP contribution in [0.4, 0.5) is 0 Å². The van der Waals surface area contributed by atoms with Crippen molar-refractivity contribution in [3.05, 3.63) is 59.2 Å². The third-order valence-electron chi connectivity index (χ3n) is 3.36. The average Bonchev–Trinajstić information content (AvgIpc) is 2.54. The third kappa shape index (κ3) is 4.33. The number of rotatable bonds is 7. The molecule has 0 aromatic heterocycles. The first-order valence-corrected chi connectivity index (χ1v) is 8.87. The van der Waals surface area contributed by atoms with Gasteiger partial charge in [0.1, 0.15) is 5.75 Å². The van der Waals surface area contributed by atoms with Gasteiger partial charge >= 0.3 is 5.97 Å². The molecule has 0 aliphatic heterocycles. The highest BCUT2D eigenvalue weighted by atomic mass is 32.2. The largest absolute Gasteiger partial charge is 0.494 e. The second-order valence-electron chi connectivity index (χ2n) is 5.21. The Labute approximate surface area is 141 Å². The van der Waals surface area contributed by atoms with E-state index in [2.05, 4.69) is 4.72 Å². The molecule has 0 fully saturated rings. The second-order valence-corrected chi connectivity index (χ2v) is 6.94. The number of sulfonamides is 1. The molecule has 0 aliphatic carbocycles. The summed E-state index contributed by atoms with van der Waals surface area (Å²) in [5, 5.41) is 9.21. The summed E-state index contributed by atoms with van der Waals surface area (Å²) in [7, 11) is -3.93. The summed E-state index contributed by atoms with van der Waals surface area (Å²) in [5.74, 6) is -0.573. The van der Waals surface area contributed by atoms with Crippen molar-refractivity contribution in [1.82, 2.24) is 4.72 Å². The van der Waals surface area contributed by atoms with E-state index in [0.717, 1.165) is 5.56 Å². The second kappa shape index (κ2) is 7.46. The Morgan fingerprint density at radius 3 is 2.42 bits per heavy atom. The fourth-order valence-corrected chi connectivity index (χ4v) is 3.37. The molecule has 0 saturated carbocycles. The van der Waals surface area contributed by atoms with Crippen LogP contribution >= 0.6 is 0 Å². The molecule has 24 heavy (non-hydrogen) atoms. The van der Waals surface area contributed by atoms with Gasteiger partial charge in [-0.15, -0.1) is 0 Å². The zero-order chi connectivity index (χ0) is 17.7. The van der Waals surface area contributed by atoms with Gasteiger partial charge in [-0.05, 0) is 43.7 Å². The minimum Gasteiger partial charge on any atom is -0.494 e. The molecule has 0 atom stereocenters. The van der Waals surface area contributed by atoms with Gasteiger partial charge in [-0.25, -0.2) is 17.9 Å². The minimum atomic E-state index is -3.93. The van der Waals surface area contributed by atoms with Crippen molar-refractivity contribution in [3.63, 3.8) is 0 Å². The third-order valence-corrected chi connectivity index (χ3v) is 4.82. The maximum Gasteiger partial charge on any atom is 0.337 e. The van der Waals surface area contributed by atoms with Gasteiger partial charge in [0, 0.05) is 6.54 Å². The van der Waals surface area contributed by atoms with E-state index in [-0.39, 0.29) is 17.0 Å². The molecule has 0 heterocycles. The number of aryl methyl sites for hydroxylation is 1. The molecule has 0 unspecified atom stereocenters. The van der Waals surface area contributed by atoms with Gasteiger partial charge in [-0.2, -0.15) is 0 Å². The van der Waals surface area contributed by atoms with Gasteiger partial charge in [-0.3, -0.25) is 0 Å². The Balaban J connectivity index is 2.18. The lowest BCUT2D eigenvalue weighted by Gasteiger charge is -2.10. The van der Waals surface area contributed by atoms with Crippen LogP contribution in [0.15, 0.2) is 47.4 Å². The highest BCUT2D eigenvalue weighted by Crippen LogP contribution is 2.18. The summed E-state index contributed by atoms with van der Waals surface area (Å²) in [6.07, 6.45) is 0. The molecular weight excluding hydrogens is 330 g/mol.